The van der Waals surface area contributed by atoms with Crippen molar-refractivity contribution in [3.63, 3.8) is 0 Å². The Kier molecular flexibility index (Phi) is 4.12. The van der Waals surface area contributed by atoms with E-state index in [2.05, 4.69) is 4.72 Å². The molecule has 5 nitrogen and oxygen atoms in total. The van der Waals surface area contributed by atoms with Crippen LogP contribution in [-0.2, 0) is 16.6 Å². The molecule has 1 rings (SSSR count). The molecule has 0 fully saturated rings. The number of furan rings is 1. The van der Waals surface area contributed by atoms with Gasteiger partial charge >= 0.3 is 0 Å². The Morgan fingerprint density at radius 2 is 2.19 bits per heavy atom. The van der Waals surface area contributed by atoms with Crippen molar-refractivity contribution in [1.82, 2.24) is 4.72 Å². The summed E-state index contributed by atoms with van der Waals surface area (Å²) in [7, 11) is -3.55. The second-order valence-electron chi connectivity index (χ2n) is 3.72. The topological polar surface area (TPSA) is 79.5 Å². The number of aryl methyl sites for hydroxylation is 1. The van der Waals surface area contributed by atoms with Crippen molar-refractivity contribution in [3.8, 4) is 0 Å². The van der Waals surface area contributed by atoms with Crippen LogP contribution in [0, 0.1) is 6.92 Å². The average molecular weight is 247 g/mol. The highest BCUT2D eigenvalue weighted by atomic mass is 32.2. The molecule has 0 spiro atoms. The van der Waals surface area contributed by atoms with Gasteiger partial charge in [0.15, 0.2) is 0 Å². The van der Waals surface area contributed by atoms with E-state index in [1.54, 1.807) is 13.8 Å². The van der Waals surface area contributed by atoms with Crippen LogP contribution in [0.15, 0.2) is 15.4 Å². The van der Waals surface area contributed by atoms with Gasteiger partial charge in [0, 0.05) is 12.1 Å². The molecule has 0 saturated carbocycles. The number of aliphatic hydroxyl groups is 1. The first-order valence-corrected chi connectivity index (χ1v) is 6.61. The molecule has 0 bridgehead atoms. The van der Waals surface area contributed by atoms with Crippen molar-refractivity contribution in [2.24, 2.45) is 0 Å². The summed E-state index contributed by atoms with van der Waals surface area (Å²) in [5.74, 6) is 0.543. The molecule has 1 unspecified atom stereocenters. The van der Waals surface area contributed by atoms with Gasteiger partial charge in [-0.15, -0.1) is 0 Å². The fourth-order valence-electron chi connectivity index (χ4n) is 1.28. The second-order valence-corrected chi connectivity index (χ2v) is 5.40. The minimum atomic E-state index is -3.55. The van der Waals surface area contributed by atoms with Gasteiger partial charge in [0.05, 0.1) is 0 Å². The Morgan fingerprint density at radius 1 is 1.56 bits per heavy atom. The molecule has 0 aromatic carbocycles. The lowest BCUT2D eigenvalue weighted by atomic mass is 10.3. The number of sulfonamides is 1. The summed E-state index contributed by atoms with van der Waals surface area (Å²) < 4.78 is 31.4. The first kappa shape index (κ1) is 13.2. The van der Waals surface area contributed by atoms with Crippen molar-refractivity contribution >= 4 is 10.0 Å². The number of rotatable bonds is 5. The van der Waals surface area contributed by atoms with Crippen molar-refractivity contribution < 1.29 is 17.9 Å². The quantitative estimate of drug-likeness (QED) is 0.818. The third kappa shape index (κ3) is 2.84. The lowest BCUT2D eigenvalue weighted by molar-refractivity contribution is 0.244. The van der Waals surface area contributed by atoms with E-state index in [4.69, 9.17) is 9.52 Å². The van der Waals surface area contributed by atoms with Gasteiger partial charge in [-0.25, -0.2) is 13.1 Å². The fraction of sp³-hybridized carbons (Fsp3) is 0.600. The van der Waals surface area contributed by atoms with Crippen LogP contribution in [0.5, 0.6) is 0 Å². The predicted octanol–water partition coefficient (Wildman–Crippen LogP) is 1.16. The minimum absolute atomic E-state index is 0.0943. The van der Waals surface area contributed by atoms with E-state index in [1.165, 1.54) is 6.07 Å². The lowest BCUT2D eigenvalue weighted by Crippen LogP contribution is -2.32. The summed E-state index contributed by atoms with van der Waals surface area (Å²) in [6, 6.07) is 1.22. The van der Waals surface area contributed by atoms with E-state index < -0.39 is 10.0 Å². The van der Waals surface area contributed by atoms with Gasteiger partial charge in [0.25, 0.3) is 0 Å². The van der Waals surface area contributed by atoms with Crippen molar-refractivity contribution in [1.29, 1.82) is 0 Å². The van der Waals surface area contributed by atoms with E-state index >= 15 is 0 Å². The van der Waals surface area contributed by atoms with Crippen LogP contribution in [0.2, 0.25) is 0 Å². The molecule has 6 heteroatoms. The lowest BCUT2D eigenvalue weighted by Gasteiger charge is -2.10. The Bertz CT molecular complexity index is 449. The van der Waals surface area contributed by atoms with Gasteiger partial charge in [-0.1, -0.05) is 6.92 Å². The first-order valence-electron chi connectivity index (χ1n) is 5.13. The van der Waals surface area contributed by atoms with Crippen molar-refractivity contribution in [2.45, 2.75) is 44.7 Å². The molecule has 1 atom stereocenters. The maximum Gasteiger partial charge on any atom is 0.244 e. The van der Waals surface area contributed by atoms with Crippen LogP contribution in [0.1, 0.15) is 31.8 Å². The van der Waals surface area contributed by atoms with Crippen LogP contribution in [0.3, 0.4) is 0 Å². The molecule has 2 N–H and O–H groups in total. The van der Waals surface area contributed by atoms with Crippen LogP contribution < -0.4 is 4.72 Å². The van der Waals surface area contributed by atoms with Gasteiger partial charge in [-0.2, -0.15) is 0 Å². The molecule has 1 aromatic heterocycles. The minimum Gasteiger partial charge on any atom is -0.462 e. The van der Waals surface area contributed by atoms with Crippen molar-refractivity contribution in [2.75, 3.05) is 0 Å². The predicted molar refractivity (Wildman–Crippen MR) is 59.4 cm³/mol. The monoisotopic (exact) mass is 247 g/mol. The zero-order valence-corrected chi connectivity index (χ0v) is 10.5. The highest BCUT2D eigenvalue weighted by Crippen LogP contribution is 2.20. The van der Waals surface area contributed by atoms with Crippen LogP contribution in [-0.4, -0.2) is 19.6 Å². The molecule has 1 aromatic rings. The van der Waals surface area contributed by atoms with E-state index in [0.717, 1.165) is 0 Å². The third-order valence-electron chi connectivity index (χ3n) is 2.34. The second kappa shape index (κ2) is 4.99. The molecular weight excluding hydrogens is 230 g/mol. The van der Waals surface area contributed by atoms with E-state index in [-0.39, 0.29) is 23.3 Å². The highest BCUT2D eigenvalue weighted by molar-refractivity contribution is 7.89. The Hall–Kier alpha value is -0.850. The molecule has 92 valence electrons. The molecule has 1 heterocycles. The largest absolute Gasteiger partial charge is 0.462 e. The van der Waals surface area contributed by atoms with Crippen molar-refractivity contribution in [3.05, 3.63) is 17.6 Å². The zero-order chi connectivity index (χ0) is 12.3. The van der Waals surface area contributed by atoms with Gasteiger partial charge < -0.3 is 9.52 Å². The van der Waals surface area contributed by atoms with Gasteiger partial charge in [0.2, 0.25) is 10.0 Å². The van der Waals surface area contributed by atoms with Gasteiger partial charge in [-0.05, 0) is 20.3 Å². The Labute approximate surface area is 95.5 Å². The summed E-state index contributed by atoms with van der Waals surface area (Å²) in [6.45, 7) is 4.94. The summed E-state index contributed by atoms with van der Waals surface area (Å²) >= 11 is 0. The standard InChI is InChI=1S/C10H17NO4S/c1-4-7(2)11-16(13,14)10-5-9(6-12)15-8(10)3/h5,7,11-12H,4,6H2,1-3H3. The smallest absolute Gasteiger partial charge is 0.244 e. The van der Waals surface area contributed by atoms with Crippen LogP contribution in [0.25, 0.3) is 0 Å². The summed E-state index contributed by atoms with van der Waals surface area (Å²) in [5, 5.41) is 8.86. The summed E-state index contributed by atoms with van der Waals surface area (Å²) in [5.41, 5.74) is 0. The third-order valence-corrected chi connectivity index (χ3v) is 4.03. The first-order chi connectivity index (χ1) is 7.40. The van der Waals surface area contributed by atoms with E-state index in [0.29, 0.717) is 12.2 Å². The van der Waals surface area contributed by atoms with E-state index in [9.17, 15) is 8.42 Å². The number of aliphatic hydroxyl groups excluding tert-OH is 1. The average Bonchev–Trinajstić information content (AvgIpc) is 2.59. The molecule has 0 saturated heterocycles. The maximum atomic E-state index is 11.9. The molecule has 0 aliphatic heterocycles. The number of nitrogens with one attached hydrogen (secondary N) is 1. The molecular formula is C10H17NO4S. The summed E-state index contributed by atoms with van der Waals surface area (Å²) in [6.07, 6.45) is 0.711. The Balaban J connectivity index is 3.02. The molecule has 0 aliphatic carbocycles. The molecule has 0 aliphatic rings. The highest BCUT2D eigenvalue weighted by Gasteiger charge is 2.22. The molecule has 0 radical (unpaired) electrons. The van der Waals surface area contributed by atoms with Crippen LogP contribution in [0.4, 0.5) is 0 Å². The maximum absolute atomic E-state index is 11.9. The fourth-order valence-corrected chi connectivity index (χ4v) is 2.81. The normalized spacial score (nSPS) is 14.0. The Morgan fingerprint density at radius 3 is 2.62 bits per heavy atom. The molecule has 0 amide bonds. The molecule has 16 heavy (non-hydrogen) atoms. The number of hydrogen-bond acceptors (Lipinski definition) is 4. The van der Waals surface area contributed by atoms with Crippen LogP contribution >= 0.6 is 0 Å². The van der Waals surface area contributed by atoms with Gasteiger partial charge in [0.1, 0.15) is 23.0 Å². The number of hydrogen-bond donors (Lipinski definition) is 2. The van der Waals surface area contributed by atoms with E-state index in [1.807, 2.05) is 6.92 Å². The zero-order valence-electron chi connectivity index (χ0n) is 9.65. The van der Waals surface area contributed by atoms with Gasteiger partial charge in [-0.3, -0.25) is 0 Å². The summed E-state index contributed by atoms with van der Waals surface area (Å²) in [4.78, 5) is 0.0943. The SMILES string of the molecule is CCC(C)NS(=O)(=O)c1cc(CO)oc1C.